The van der Waals surface area contributed by atoms with Crippen molar-refractivity contribution in [2.24, 2.45) is 5.92 Å². The minimum Gasteiger partial charge on any atom is -0.338 e. The van der Waals surface area contributed by atoms with Crippen LogP contribution in [0.5, 0.6) is 0 Å². The van der Waals surface area contributed by atoms with Crippen LogP contribution in [-0.4, -0.2) is 42.6 Å². The van der Waals surface area contributed by atoms with Gasteiger partial charge in [0, 0.05) is 47.9 Å². The van der Waals surface area contributed by atoms with Crippen molar-refractivity contribution in [2.75, 3.05) is 27.2 Å². The summed E-state index contributed by atoms with van der Waals surface area (Å²) in [6.07, 6.45) is 1.04. The highest BCUT2D eigenvalue weighted by molar-refractivity contribution is 5.94. The smallest absolute Gasteiger partial charge is 0.258 e. The van der Waals surface area contributed by atoms with Crippen molar-refractivity contribution in [3.8, 4) is 11.1 Å². The molecule has 5 heteroatoms. The lowest BCUT2D eigenvalue weighted by atomic mass is 9.82. The van der Waals surface area contributed by atoms with Crippen molar-refractivity contribution >= 4 is 5.91 Å². The maximum absolute atomic E-state index is 13.6. The van der Waals surface area contributed by atoms with Crippen LogP contribution in [0.3, 0.4) is 0 Å². The van der Waals surface area contributed by atoms with Gasteiger partial charge in [0.25, 0.3) is 11.5 Å². The number of hydrogen-bond donors (Lipinski definition) is 1. The maximum Gasteiger partial charge on any atom is 0.258 e. The number of fused-ring (bicyclic) bond motifs is 4. The first-order chi connectivity index (χ1) is 15.5. The summed E-state index contributed by atoms with van der Waals surface area (Å²) in [6.45, 7) is 2.93. The van der Waals surface area contributed by atoms with E-state index in [0.717, 1.165) is 35.3 Å². The van der Waals surface area contributed by atoms with Crippen LogP contribution in [-0.2, 0) is 13.1 Å². The van der Waals surface area contributed by atoms with Crippen LogP contribution in [0.15, 0.2) is 71.5 Å². The number of carbonyl (C=O) groups is 1. The second-order valence-electron chi connectivity index (χ2n) is 9.50. The summed E-state index contributed by atoms with van der Waals surface area (Å²) >= 11 is 0. The lowest BCUT2D eigenvalue weighted by molar-refractivity contribution is -0.872. The number of quaternary nitrogens is 1. The molecule has 2 atom stereocenters. The summed E-state index contributed by atoms with van der Waals surface area (Å²) < 4.78 is 1.98. The molecule has 2 aliphatic rings. The van der Waals surface area contributed by atoms with E-state index in [1.165, 1.54) is 10.5 Å². The van der Waals surface area contributed by atoms with Gasteiger partial charge < -0.3 is 14.4 Å². The summed E-state index contributed by atoms with van der Waals surface area (Å²) in [7, 11) is 4.25. The fourth-order valence-corrected chi connectivity index (χ4v) is 5.40. The predicted octanol–water partition coefficient (Wildman–Crippen LogP) is 2.42. The van der Waals surface area contributed by atoms with Crippen molar-refractivity contribution in [3.05, 3.63) is 93.9 Å². The van der Waals surface area contributed by atoms with Crippen LogP contribution in [0.25, 0.3) is 11.1 Å². The molecule has 1 amide bonds. The Morgan fingerprint density at radius 2 is 1.66 bits per heavy atom. The Hall–Kier alpha value is -3.18. The number of amides is 1. The van der Waals surface area contributed by atoms with Crippen molar-refractivity contribution in [1.29, 1.82) is 0 Å². The Morgan fingerprint density at radius 3 is 2.44 bits per heavy atom. The summed E-state index contributed by atoms with van der Waals surface area (Å²) in [5, 5.41) is 0. The third kappa shape index (κ3) is 3.78. The van der Waals surface area contributed by atoms with Gasteiger partial charge in [-0.25, -0.2) is 0 Å². The molecule has 2 bridgehead atoms. The van der Waals surface area contributed by atoms with E-state index >= 15 is 0 Å². The molecular formula is C27H30N3O2+. The van der Waals surface area contributed by atoms with Gasteiger partial charge in [-0.15, -0.1) is 0 Å². The average molecular weight is 429 g/mol. The minimum atomic E-state index is 0.0906. The molecule has 0 spiro atoms. The van der Waals surface area contributed by atoms with Gasteiger partial charge in [-0.3, -0.25) is 9.59 Å². The molecule has 0 radical (unpaired) electrons. The van der Waals surface area contributed by atoms with Crippen LogP contribution >= 0.6 is 0 Å². The van der Waals surface area contributed by atoms with Crippen LogP contribution in [0, 0.1) is 5.92 Å². The summed E-state index contributed by atoms with van der Waals surface area (Å²) in [5.74, 6) is 0.606. The highest BCUT2D eigenvalue weighted by atomic mass is 16.2. The third-order valence-corrected chi connectivity index (χ3v) is 6.76. The summed E-state index contributed by atoms with van der Waals surface area (Å²) in [4.78, 5) is 29.9. The molecule has 5 rings (SSSR count). The van der Waals surface area contributed by atoms with Gasteiger partial charge in [0.05, 0.1) is 14.1 Å². The van der Waals surface area contributed by atoms with Crippen LogP contribution in [0.4, 0.5) is 0 Å². The standard InChI is InChI=1S/C27H29N3O2/c1-28(2)17-21-10-6-7-11-23(21)24-12-13-25-22-14-19(16-30(25)27(24)32)15-29(18-22)26(31)20-8-4-3-5-9-20/h3-13,19,22H,14-18H2,1-2H3/p+1/t19-,22+/m0/s1. The van der Waals surface area contributed by atoms with E-state index < -0.39 is 0 Å². The third-order valence-electron chi connectivity index (χ3n) is 6.76. The molecule has 1 N–H and O–H groups in total. The number of likely N-dealkylation sites (tertiary alicyclic amines) is 1. The van der Waals surface area contributed by atoms with Crippen LogP contribution in [0.1, 0.15) is 34.0 Å². The first kappa shape index (κ1) is 20.7. The fourth-order valence-electron chi connectivity index (χ4n) is 5.40. The molecular weight excluding hydrogens is 398 g/mol. The molecule has 1 fully saturated rings. The van der Waals surface area contributed by atoms with Crippen molar-refractivity contribution in [1.82, 2.24) is 9.47 Å². The fraction of sp³-hybridized carbons (Fsp3) is 0.333. The van der Waals surface area contributed by atoms with E-state index in [4.69, 9.17) is 0 Å². The molecule has 1 saturated heterocycles. The molecule has 3 aromatic rings. The van der Waals surface area contributed by atoms with Gasteiger partial charge in [-0.1, -0.05) is 42.5 Å². The predicted molar refractivity (Wildman–Crippen MR) is 126 cm³/mol. The van der Waals surface area contributed by atoms with Crippen molar-refractivity contribution in [2.45, 2.75) is 25.4 Å². The van der Waals surface area contributed by atoms with Gasteiger partial charge >= 0.3 is 0 Å². The Morgan fingerprint density at radius 1 is 0.906 bits per heavy atom. The van der Waals surface area contributed by atoms with E-state index in [9.17, 15) is 9.59 Å². The molecule has 1 aromatic heterocycles. The SMILES string of the molecule is C[NH+](C)Cc1ccccc1-c1ccc2n(c1=O)C[C@H]1C[C@@H]2CN(C(=O)c2ccccc2)C1. The minimum absolute atomic E-state index is 0.0906. The van der Waals surface area contributed by atoms with Gasteiger partial charge in [0.15, 0.2) is 0 Å². The van der Waals surface area contributed by atoms with Gasteiger partial charge in [0.2, 0.25) is 0 Å². The molecule has 2 aliphatic heterocycles. The number of aromatic nitrogens is 1. The largest absolute Gasteiger partial charge is 0.338 e. The lowest BCUT2D eigenvalue weighted by Gasteiger charge is -2.43. The zero-order valence-corrected chi connectivity index (χ0v) is 18.8. The number of benzene rings is 2. The number of nitrogens with zero attached hydrogens (tertiary/aromatic N) is 2. The van der Waals surface area contributed by atoms with E-state index in [1.54, 1.807) is 0 Å². The Bertz CT molecular complexity index is 1200. The molecule has 2 aromatic carbocycles. The second-order valence-corrected chi connectivity index (χ2v) is 9.50. The van der Waals surface area contributed by atoms with Gasteiger partial charge in [-0.05, 0) is 42.2 Å². The maximum atomic E-state index is 13.6. The molecule has 3 heterocycles. The van der Waals surface area contributed by atoms with Gasteiger partial charge in [-0.2, -0.15) is 0 Å². The highest BCUT2D eigenvalue weighted by Crippen LogP contribution is 2.36. The number of hydrogen-bond acceptors (Lipinski definition) is 2. The average Bonchev–Trinajstić information content (AvgIpc) is 2.80. The first-order valence-electron chi connectivity index (χ1n) is 11.5. The first-order valence-corrected chi connectivity index (χ1v) is 11.5. The number of pyridine rings is 1. The molecule has 0 unspecified atom stereocenters. The lowest BCUT2D eigenvalue weighted by Crippen LogP contribution is -3.04. The number of carbonyl (C=O) groups excluding carboxylic acids is 1. The molecule has 5 nitrogen and oxygen atoms in total. The summed E-state index contributed by atoms with van der Waals surface area (Å²) in [6, 6.07) is 21.8. The zero-order chi connectivity index (χ0) is 22.2. The van der Waals surface area contributed by atoms with Crippen molar-refractivity contribution in [3.63, 3.8) is 0 Å². The molecule has 0 aliphatic carbocycles. The van der Waals surface area contributed by atoms with E-state index in [1.807, 2.05) is 58.0 Å². The topological polar surface area (TPSA) is 46.8 Å². The van der Waals surface area contributed by atoms with E-state index in [-0.39, 0.29) is 17.4 Å². The Balaban J connectivity index is 1.47. The highest BCUT2D eigenvalue weighted by Gasteiger charge is 2.37. The number of piperidine rings is 1. The van der Waals surface area contributed by atoms with Crippen LogP contribution in [0.2, 0.25) is 0 Å². The number of rotatable bonds is 4. The summed E-state index contributed by atoms with van der Waals surface area (Å²) in [5.41, 5.74) is 4.91. The second kappa shape index (κ2) is 8.40. The molecule has 32 heavy (non-hydrogen) atoms. The van der Waals surface area contributed by atoms with Crippen LogP contribution < -0.4 is 10.5 Å². The van der Waals surface area contributed by atoms with E-state index in [2.05, 4.69) is 32.3 Å². The Labute approximate surface area is 188 Å². The quantitative estimate of drug-likeness (QED) is 0.694. The zero-order valence-electron chi connectivity index (χ0n) is 18.8. The van der Waals surface area contributed by atoms with Crippen molar-refractivity contribution < 1.29 is 9.69 Å². The normalized spacial score (nSPS) is 19.7. The molecule has 0 saturated carbocycles. The van der Waals surface area contributed by atoms with E-state index in [0.29, 0.717) is 25.6 Å². The number of nitrogens with one attached hydrogen (secondary N) is 1. The molecule has 164 valence electrons. The Kier molecular flexibility index (Phi) is 5.43. The monoisotopic (exact) mass is 428 g/mol. The van der Waals surface area contributed by atoms with Gasteiger partial charge in [0.1, 0.15) is 6.54 Å².